The molecule has 1 aromatic heterocycles. The highest BCUT2D eigenvalue weighted by atomic mass is 16.5. The number of hydrogen-bond donors (Lipinski definition) is 1. The number of aromatic nitrogens is 2. The van der Waals surface area contributed by atoms with E-state index in [1.165, 1.54) is 0 Å². The molecule has 1 aliphatic rings. The van der Waals surface area contributed by atoms with Gasteiger partial charge in [-0.1, -0.05) is 0 Å². The molecule has 1 aliphatic heterocycles. The number of hydrogen-bond acceptors (Lipinski definition) is 4. The van der Waals surface area contributed by atoms with Gasteiger partial charge in [-0.3, -0.25) is 9.97 Å². The molecule has 0 saturated carbocycles. The van der Waals surface area contributed by atoms with E-state index in [0.29, 0.717) is 6.42 Å². The smallest absolute Gasteiger partial charge is 0.129 e. The van der Waals surface area contributed by atoms with Crippen LogP contribution < -0.4 is 4.74 Å². The molecule has 0 amide bonds. The third-order valence-electron chi connectivity index (χ3n) is 3.24. The van der Waals surface area contributed by atoms with Crippen LogP contribution in [0, 0.1) is 0 Å². The molecule has 4 heteroatoms. The number of aliphatic hydroxyl groups is 1. The van der Waals surface area contributed by atoms with Crippen LogP contribution in [0.1, 0.15) is 19.4 Å². The van der Waals surface area contributed by atoms with Crippen LogP contribution in [0.15, 0.2) is 24.5 Å². The molecule has 2 heterocycles. The molecule has 1 N–H and O–H groups in total. The molecule has 17 heavy (non-hydrogen) atoms. The fourth-order valence-corrected chi connectivity index (χ4v) is 2.10. The molecule has 0 spiro atoms. The maximum Gasteiger partial charge on any atom is 0.129 e. The minimum absolute atomic E-state index is 0.496. The fraction of sp³-hybridized carbons (Fsp3) is 0.385. The standard InChI is InChI=1S/C13H14N2O2/c1-13(2)12(16)6-8-5-9-10(7-11(8)17-13)15-4-3-14-9/h3-5,7,12,16H,6H2,1-2H3/t12-/m1/s1. The van der Waals surface area contributed by atoms with Crippen molar-refractivity contribution in [2.75, 3.05) is 0 Å². The Morgan fingerprint density at radius 3 is 2.59 bits per heavy atom. The molecule has 0 bridgehead atoms. The Balaban J connectivity index is 2.17. The average molecular weight is 230 g/mol. The van der Waals surface area contributed by atoms with Crippen LogP contribution >= 0.6 is 0 Å². The van der Waals surface area contributed by atoms with Gasteiger partial charge in [0.05, 0.1) is 17.1 Å². The fourth-order valence-electron chi connectivity index (χ4n) is 2.10. The Hall–Kier alpha value is -1.68. The van der Waals surface area contributed by atoms with Gasteiger partial charge in [-0.15, -0.1) is 0 Å². The Morgan fingerprint density at radius 1 is 1.24 bits per heavy atom. The van der Waals surface area contributed by atoms with Gasteiger partial charge in [0, 0.05) is 24.9 Å². The predicted octanol–water partition coefficient (Wildman–Crippen LogP) is 1.70. The van der Waals surface area contributed by atoms with Gasteiger partial charge < -0.3 is 9.84 Å². The third-order valence-corrected chi connectivity index (χ3v) is 3.24. The van der Waals surface area contributed by atoms with Crippen LogP contribution in [-0.4, -0.2) is 26.8 Å². The highest BCUT2D eigenvalue weighted by Gasteiger charge is 2.35. The Bertz CT molecular complexity index is 581. The topological polar surface area (TPSA) is 55.2 Å². The summed E-state index contributed by atoms with van der Waals surface area (Å²) in [6.07, 6.45) is 3.43. The number of fused-ring (bicyclic) bond motifs is 2. The van der Waals surface area contributed by atoms with Gasteiger partial charge in [-0.2, -0.15) is 0 Å². The van der Waals surface area contributed by atoms with E-state index in [2.05, 4.69) is 9.97 Å². The number of ether oxygens (including phenoxy) is 1. The van der Waals surface area contributed by atoms with E-state index in [4.69, 9.17) is 4.74 Å². The maximum absolute atomic E-state index is 9.99. The lowest BCUT2D eigenvalue weighted by Gasteiger charge is -2.37. The first-order valence-corrected chi connectivity index (χ1v) is 5.67. The van der Waals surface area contributed by atoms with Crippen LogP contribution in [0.4, 0.5) is 0 Å². The second kappa shape index (κ2) is 3.40. The lowest BCUT2D eigenvalue weighted by molar-refractivity contribution is -0.0410. The molecule has 88 valence electrons. The molecule has 0 fully saturated rings. The highest BCUT2D eigenvalue weighted by molar-refractivity contribution is 5.77. The molecule has 3 rings (SSSR count). The van der Waals surface area contributed by atoms with E-state index < -0.39 is 11.7 Å². The first-order chi connectivity index (χ1) is 8.06. The summed E-state index contributed by atoms with van der Waals surface area (Å²) in [5.74, 6) is 0.799. The van der Waals surface area contributed by atoms with Gasteiger partial charge in [0.15, 0.2) is 0 Å². The maximum atomic E-state index is 9.99. The lowest BCUT2D eigenvalue weighted by Crippen LogP contribution is -2.46. The van der Waals surface area contributed by atoms with E-state index in [0.717, 1.165) is 22.3 Å². The largest absolute Gasteiger partial charge is 0.485 e. The predicted molar refractivity (Wildman–Crippen MR) is 64.0 cm³/mol. The third kappa shape index (κ3) is 1.65. The van der Waals surface area contributed by atoms with Gasteiger partial charge >= 0.3 is 0 Å². The first-order valence-electron chi connectivity index (χ1n) is 5.67. The summed E-state index contributed by atoms with van der Waals surface area (Å²) in [7, 11) is 0. The molecule has 0 radical (unpaired) electrons. The van der Waals surface area contributed by atoms with Gasteiger partial charge in [0.25, 0.3) is 0 Å². The van der Waals surface area contributed by atoms with Crippen molar-refractivity contribution in [3.8, 4) is 5.75 Å². The van der Waals surface area contributed by atoms with Crippen molar-refractivity contribution < 1.29 is 9.84 Å². The minimum Gasteiger partial charge on any atom is -0.485 e. The van der Waals surface area contributed by atoms with Gasteiger partial charge in [0.2, 0.25) is 0 Å². The van der Waals surface area contributed by atoms with Gasteiger partial charge in [0.1, 0.15) is 11.4 Å². The number of benzene rings is 1. The van der Waals surface area contributed by atoms with Crippen LogP contribution in [0.2, 0.25) is 0 Å². The lowest BCUT2D eigenvalue weighted by atomic mass is 9.91. The van der Waals surface area contributed by atoms with Crippen molar-refractivity contribution in [3.63, 3.8) is 0 Å². The second-order valence-corrected chi connectivity index (χ2v) is 4.93. The first kappa shape index (κ1) is 10.5. The Kier molecular flexibility index (Phi) is 2.10. The molecule has 0 unspecified atom stereocenters. The summed E-state index contributed by atoms with van der Waals surface area (Å²) in [6, 6.07) is 3.83. The Morgan fingerprint density at radius 2 is 1.88 bits per heavy atom. The van der Waals surface area contributed by atoms with Crippen LogP contribution in [0.3, 0.4) is 0 Å². The Labute approximate surface area is 99.3 Å². The molecule has 0 aliphatic carbocycles. The van der Waals surface area contributed by atoms with Crippen molar-refractivity contribution in [1.29, 1.82) is 0 Å². The van der Waals surface area contributed by atoms with E-state index >= 15 is 0 Å². The molecule has 2 aromatic rings. The van der Waals surface area contributed by atoms with Crippen molar-refractivity contribution in [1.82, 2.24) is 9.97 Å². The summed E-state index contributed by atoms with van der Waals surface area (Å²) in [4.78, 5) is 8.50. The average Bonchev–Trinajstić information content (AvgIpc) is 2.28. The number of nitrogens with zero attached hydrogens (tertiary/aromatic N) is 2. The summed E-state index contributed by atoms with van der Waals surface area (Å²) in [5, 5.41) is 9.99. The van der Waals surface area contributed by atoms with Crippen molar-refractivity contribution in [3.05, 3.63) is 30.1 Å². The molecule has 1 aromatic carbocycles. The van der Waals surface area contributed by atoms with E-state index in [-0.39, 0.29) is 0 Å². The molecule has 4 nitrogen and oxygen atoms in total. The minimum atomic E-state index is -0.553. The van der Waals surface area contributed by atoms with Crippen LogP contribution in [0.25, 0.3) is 11.0 Å². The van der Waals surface area contributed by atoms with E-state index in [1.807, 2.05) is 26.0 Å². The summed E-state index contributed by atoms with van der Waals surface area (Å²) < 4.78 is 5.82. The van der Waals surface area contributed by atoms with Gasteiger partial charge in [-0.25, -0.2) is 0 Å². The monoisotopic (exact) mass is 230 g/mol. The zero-order valence-electron chi connectivity index (χ0n) is 9.84. The van der Waals surface area contributed by atoms with Crippen molar-refractivity contribution >= 4 is 11.0 Å². The van der Waals surface area contributed by atoms with E-state index in [9.17, 15) is 5.11 Å². The van der Waals surface area contributed by atoms with E-state index in [1.54, 1.807) is 12.4 Å². The SMILES string of the molecule is CC1(C)Oc2cc3nccnc3cc2C[C@H]1O. The summed E-state index contributed by atoms with van der Waals surface area (Å²) in [5.41, 5.74) is 2.09. The summed E-state index contributed by atoms with van der Waals surface area (Å²) >= 11 is 0. The van der Waals surface area contributed by atoms with Crippen LogP contribution in [-0.2, 0) is 6.42 Å². The van der Waals surface area contributed by atoms with Crippen LogP contribution in [0.5, 0.6) is 5.75 Å². The molecule has 1 atom stereocenters. The number of aliphatic hydroxyl groups excluding tert-OH is 1. The molecule has 0 saturated heterocycles. The molecular weight excluding hydrogens is 216 g/mol. The zero-order valence-corrected chi connectivity index (χ0v) is 9.84. The highest BCUT2D eigenvalue weighted by Crippen LogP contribution is 2.35. The van der Waals surface area contributed by atoms with Crippen molar-refractivity contribution in [2.24, 2.45) is 0 Å². The second-order valence-electron chi connectivity index (χ2n) is 4.93. The zero-order chi connectivity index (χ0) is 12.0. The normalized spacial score (nSPS) is 21.9. The number of rotatable bonds is 0. The molecular formula is C13H14N2O2. The quantitative estimate of drug-likeness (QED) is 0.748. The van der Waals surface area contributed by atoms with Crippen molar-refractivity contribution in [2.45, 2.75) is 32.0 Å². The van der Waals surface area contributed by atoms with Gasteiger partial charge in [-0.05, 0) is 25.5 Å². The summed E-state index contributed by atoms with van der Waals surface area (Å²) in [6.45, 7) is 3.78.